The van der Waals surface area contributed by atoms with Crippen molar-refractivity contribution in [3.05, 3.63) is 61.1 Å². The average molecular weight is 444 g/mol. The van der Waals surface area contributed by atoms with E-state index in [0.717, 1.165) is 36.2 Å². The Kier molecular flexibility index (Phi) is 5.86. The number of benzene rings is 2. The first-order chi connectivity index (χ1) is 16.2. The van der Waals surface area contributed by atoms with Crippen molar-refractivity contribution in [1.29, 1.82) is 0 Å². The van der Waals surface area contributed by atoms with Crippen molar-refractivity contribution in [3.8, 4) is 28.5 Å². The molecule has 0 saturated carbocycles. The van der Waals surface area contributed by atoms with Gasteiger partial charge in [-0.15, -0.1) is 0 Å². The maximum absolute atomic E-state index is 9.80. The topological polar surface area (TPSA) is 109 Å². The molecule has 33 heavy (non-hydrogen) atoms. The fourth-order valence-electron chi connectivity index (χ4n) is 4.00. The minimum atomic E-state index is 0.00477. The molecule has 2 N–H and O–H groups in total. The summed E-state index contributed by atoms with van der Waals surface area (Å²) in [7, 11) is 1.61. The van der Waals surface area contributed by atoms with Crippen LogP contribution in [0.4, 0.5) is 17.6 Å². The third-order valence-electron chi connectivity index (χ3n) is 5.66. The maximum Gasteiger partial charge on any atom is 0.232 e. The number of hydrogen-bond acceptors (Lipinski definition) is 9. The molecule has 1 fully saturated rings. The maximum atomic E-state index is 9.80. The summed E-state index contributed by atoms with van der Waals surface area (Å²) in [6.45, 7) is 0.859. The van der Waals surface area contributed by atoms with Gasteiger partial charge in [-0.3, -0.25) is 0 Å². The Morgan fingerprint density at radius 3 is 2.79 bits per heavy atom. The Bertz CT molecular complexity index is 1220. The predicted octanol–water partition coefficient (Wildman–Crippen LogP) is 3.91. The summed E-state index contributed by atoms with van der Waals surface area (Å²) in [6, 6.07) is 15.4. The molecule has 0 bridgehead atoms. The third-order valence-corrected chi connectivity index (χ3v) is 5.66. The van der Waals surface area contributed by atoms with Crippen molar-refractivity contribution in [2.24, 2.45) is 0 Å². The first-order valence-corrected chi connectivity index (χ1v) is 10.8. The Morgan fingerprint density at radius 2 is 2.03 bits per heavy atom. The third kappa shape index (κ3) is 4.35. The summed E-state index contributed by atoms with van der Waals surface area (Å²) < 4.78 is 11.0. The summed E-state index contributed by atoms with van der Waals surface area (Å²) in [4.78, 5) is 20.1. The Balaban J connectivity index is 1.51. The van der Waals surface area contributed by atoms with Crippen LogP contribution < -0.4 is 15.0 Å². The van der Waals surface area contributed by atoms with E-state index in [0.29, 0.717) is 29.2 Å². The lowest BCUT2D eigenvalue weighted by molar-refractivity contribution is 0.265. The fraction of sp³-hybridized carbons (Fsp3) is 0.250. The van der Waals surface area contributed by atoms with Crippen molar-refractivity contribution in [3.63, 3.8) is 0 Å². The van der Waals surface area contributed by atoms with E-state index in [2.05, 4.69) is 20.3 Å². The van der Waals surface area contributed by atoms with Crippen molar-refractivity contribution in [1.82, 2.24) is 19.9 Å². The minimum absolute atomic E-state index is 0.00477. The van der Waals surface area contributed by atoms with Gasteiger partial charge >= 0.3 is 0 Å². The number of methoxy groups -OCH3 is 1. The normalized spacial score (nSPS) is 15.6. The number of hydrogen-bond donors (Lipinski definition) is 2. The SMILES string of the molecule is COc1cc(Nc2nc(-c3ccccc3)nc(N3CCCC3CO)n2)ccc1-c1cnco1. The van der Waals surface area contributed by atoms with Crippen LogP contribution >= 0.6 is 0 Å². The molecule has 3 heterocycles. The fourth-order valence-corrected chi connectivity index (χ4v) is 4.00. The highest BCUT2D eigenvalue weighted by Gasteiger charge is 2.27. The van der Waals surface area contributed by atoms with Gasteiger partial charge in [-0.25, -0.2) is 4.98 Å². The van der Waals surface area contributed by atoms with Crippen LogP contribution in [0.15, 0.2) is 65.5 Å². The quantitative estimate of drug-likeness (QED) is 0.438. The van der Waals surface area contributed by atoms with Crippen LogP contribution in [-0.2, 0) is 0 Å². The second-order valence-corrected chi connectivity index (χ2v) is 7.73. The second kappa shape index (κ2) is 9.25. The average Bonchev–Trinajstić information content (AvgIpc) is 3.56. The van der Waals surface area contributed by atoms with E-state index in [1.54, 1.807) is 13.3 Å². The molecule has 168 valence electrons. The van der Waals surface area contributed by atoms with Crippen molar-refractivity contribution >= 4 is 17.6 Å². The number of aliphatic hydroxyl groups excluding tert-OH is 1. The Labute approximate surface area is 191 Å². The van der Waals surface area contributed by atoms with Crippen LogP contribution in [-0.4, -0.2) is 51.3 Å². The molecule has 4 aromatic rings. The van der Waals surface area contributed by atoms with E-state index in [9.17, 15) is 5.11 Å². The monoisotopic (exact) mass is 444 g/mol. The highest BCUT2D eigenvalue weighted by Crippen LogP contribution is 2.33. The molecular weight excluding hydrogens is 420 g/mol. The molecule has 2 aromatic carbocycles. The summed E-state index contributed by atoms with van der Waals surface area (Å²) in [5, 5.41) is 13.1. The summed E-state index contributed by atoms with van der Waals surface area (Å²) >= 11 is 0. The van der Waals surface area contributed by atoms with Gasteiger partial charge in [0.25, 0.3) is 0 Å². The Hall–Kier alpha value is -3.98. The lowest BCUT2D eigenvalue weighted by Gasteiger charge is -2.23. The number of rotatable bonds is 7. The lowest BCUT2D eigenvalue weighted by atomic mass is 10.1. The van der Waals surface area contributed by atoms with Crippen LogP contribution in [0.1, 0.15) is 12.8 Å². The largest absolute Gasteiger partial charge is 0.496 e. The van der Waals surface area contributed by atoms with E-state index in [-0.39, 0.29) is 12.6 Å². The number of aliphatic hydroxyl groups is 1. The van der Waals surface area contributed by atoms with Gasteiger partial charge in [0.1, 0.15) is 5.75 Å². The van der Waals surface area contributed by atoms with Crippen molar-refractivity contribution in [2.45, 2.75) is 18.9 Å². The van der Waals surface area contributed by atoms with Gasteiger partial charge in [-0.1, -0.05) is 30.3 Å². The van der Waals surface area contributed by atoms with Gasteiger partial charge in [-0.05, 0) is 25.0 Å². The number of ether oxygens (including phenoxy) is 1. The number of nitrogens with one attached hydrogen (secondary N) is 1. The van der Waals surface area contributed by atoms with E-state index in [1.807, 2.05) is 53.4 Å². The highest BCUT2D eigenvalue weighted by molar-refractivity contribution is 5.71. The zero-order chi connectivity index (χ0) is 22.6. The lowest BCUT2D eigenvalue weighted by Crippen LogP contribution is -2.33. The van der Waals surface area contributed by atoms with Crippen LogP contribution in [0, 0.1) is 0 Å². The van der Waals surface area contributed by atoms with Gasteiger partial charge in [-0.2, -0.15) is 15.0 Å². The molecule has 1 aliphatic rings. The van der Waals surface area contributed by atoms with Gasteiger partial charge < -0.3 is 24.5 Å². The zero-order valence-electron chi connectivity index (χ0n) is 18.2. The molecule has 1 aliphatic heterocycles. The molecule has 1 atom stereocenters. The molecule has 0 aliphatic carbocycles. The van der Waals surface area contributed by atoms with Gasteiger partial charge in [0, 0.05) is 23.9 Å². The minimum Gasteiger partial charge on any atom is -0.496 e. The number of aromatic nitrogens is 4. The number of oxazole rings is 1. The molecule has 9 nitrogen and oxygen atoms in total. The van der Waals surface area contributed by atoms with E-state index in [1.165, 1.54) is 6.39 Å². The highest BCUT2D eigenvalue weighted by atomic mass is 16.5. The standard InChI is InChI=1S/C24H24N6O3/c1-32-20-12-17(9-10-19(20)21-13-25-15-33-21)26-23-27-22(16-6-3-2-4-7-16)28-24(29-23)30-11-5-8-18(30)14-31/h2-4,6-7,9-10,12-13,15,18,31H,5,8,11,14H2,1H3,(H,26,27,28,29). The first kappa shape index (κ1) is 20.9. The molecule has 0 amide bonds. The van der Waals surface area contributed by atoms with Gasteiger partial charge in [0.05, 0.1) is 31.5 Å². The van der Waals surface area contributed by atoms with Gasteiger partial charge in [0.15, 0.2) is 18.0 Å². The predicted molar refractivity (Wildman–Crippen MR) is 124 cm³/mol. The van der Waals surface area contributed by atoms with E-state index in [4.69, 9.17) is 14.1 Å². The summed E-state index contributed by atoms with van der Waals surface area (Å²) in [5.74, 6) is 2.78. The molecule has 1 unspecified atom stereocenters. The summed E-state index contributed by atoms with van der Waals surface area (Å²) in [6.07, 6.45) is 4.92. The number of anilines is 3. The molecule has 9 heteroatoms. The van der Waals surface area contributed by atoms with E-state index >= 15 is 0 Å². The Morgan fingerprint density at radius 1 is 1.15 bits per heavy atom. The molecule has 0 radical (unpaired) electrons. The van der Waals surface area contributed by atoms with Crippen LogP contribution in [0.25, 0.3) is 22.7 Å². The first-order valence-electron chi connectivity index (χ1n) is 10.8. The molecule has 0 spiro atoms. The van der Waals surface area contributed by atoms with E-state index < -0.39 is 0 Å². The van der Waals surface area contributed by atoms with Crippen molar-refractivity contribution in [2.75, 3.05) is 30.5 Å². The van der Waals surface area contributed by atoms with Crippen molar-refractivity contribution < 1.29 is 14.3 Å². The zero-order valence-corrected chi connectivity index (χ0v) is 18.2. The summed E-state index contributed by atoms with van der Waals surface area (Å²) in [5.41, 5.74) is 2.44. The number of nitrogens with zero attached hydrogens (tertiary/aromatic N) is 5. The smallest absolute Gasteiger partial charge is 0.232 e. The second-order valence-electron chi connectivity index (χ2n) is 7.73. The molecule has 2 aromatic heterocycles. The van der Waals surface area contributed by atoms with Gasteiger partial charge in [0.2, 0.25) is 11.9 Å². The molecular formula is C24H24N6O3. The van der Waals surface area contributed by atoms with Crippen LogP contribution in [0.5, 0.6) is 5.75 Å². The van der Waals surface area contributed by atoms with Crippen LogP contribution in [0.3, 0.4) is 0 Å². The molecule has 1 saturated heterocycles. The molecule has 5 rings (SSSR count). The van der Waals surface area contributed by atoms with Crippen LogP contribution in [0.2, 0.25) is 0 Å².